The molecule has 2 aromatic rings. The van der Waals surface area contributed by atoms with E-state index in [1.165, 1.54) is 24.1 Å². The molecule has 2 rings (SSSR count). The van der Waals surface area contributed by atoms with Crippen LogP contribution in [0.25, 0.3) is 0 Å². The highest BCUT2D eigenvalue weighted by Gasteiger charge is 2.18. The molecule has 0 saturated heterocycles. The summed E-state index contributed by atoms with van der Waals surface area (Å²) in [6, 6.07) is 6.30. The van der Waals surface area contributed by atoms with Crippen LogP contribution in [-0.4, -0.2) is 27.6 Å². The Morgan fingerprint density at radius 1 is 1.50 bits per heavy atom. The van der Waals surface area contributed by atoms with Crippen LogP contribution in [0.4, 0.5) is 11.5 Å². The SMILES string of the molecule is COC(=O)c1ncn(Cc2ccccc2[N+](=O)[O-])c1N. The minimum absolute atomic E-state index is 0.00826. The van der Waals surface area contributed by atoms with Gasteiger partial charge in [-0.1, -0.05) is 18.2 Å². The van der Waals surface area contributed by atoms with Crippen LogP contribution >= 0.6 is 0 Å². The number of carbonyl (C=O) groups is 1. The maximum Gasteiger partial charge on any atom is 0.360 e. The molecule has 0 unspecified atom stereocenters. The summed E-state index contributed by atoms with van der Waals surface area (Å²) in [6.45, 7) is 0.146. The zero-order valence-corrected chi connectivity index (χ0v) is 10.6. The Balaban J connectivity index is 2.34. The molecule has 0 radical (unpaired) electrons. The molecule has 0 bridgehead atoms. The minimum atomic E-state index is -0.649. The molecule has 1 aromatic carbocycles. The standard InChI is InChI=1S/C12H12N4O4/c1-20-12(17)10-11(13)15(7-14-10)6-8-4-2-3-5-9(8)16(18)19/h2-5,7H,6,13H2,1H3. The number of ether oxygens (including phenoxy) is 1. The third-order valence-corrected chi connectivity index (χ3v) is 2.79. The highest BCUT2D eigenvalue weighted by Crippen LogP contribution is 2.21. The molecule has 0 saturated carbocycles. The number of carbonyl (C=O) groups excluding carboxylic acids is 1. The Hall–Kier alpha value is -2.90. The van der Waals surface area contributed by atoms with Crippen LogP contribution in [0.15, 0.2) is 30.6 Å². The third-order valence-electron chi connectivity index (χ3n) is 2.79. The number of nitrogen functional groups attached to an aromatic ring is 1. The summed E-state index contributed by atoms with van der Waals surface area (Å²) in [6.07, 6.45) is 1.35. The lowest BCUT2D eigenvalue weighted by molar-refractivity contribution is -0.385. The second kappa shape index (κ2) is 5.39. The number of anilines is 1. The maximum absolute atomic E-state index is 11.4. The van der Waals surface area contributed by atoms with Gasteiger partial charge in [-0.25, -0.2) is 9.78 Å². The van der Waals surface area contributed by atoms with Crippen LogP contribution in [0.5, 0.6) is 0 Å². The van der Waals surface area contributed by atoms with E-state index in [0.717, 1.165) is 0 Å². The lowest BCUT2D eigenvalue weighted by Gasteiger charge is -2.06. The molecule has 1 aromatic heterocycles. The molecule has 0 aliphatic carbocycles. The second-order valence-electron chi connectivity index (χ2n) is 3.98. The number of para-hydroxylation sites is 1. The van der Waals surface area contributed by atoms with E-state index in [2.05, 4.69) is 9.72 Å². The summed E-state index contributed by atoms with van der Waals surface area (Å²) < 4.78 is 5.99. The second-order valence-corrected chi connectivity index (χ2v) is 3.98. The Bertz CT molecular complexity index is 665. The van der Waals surface area contributed by atoms with Crippen LogP contribution in [0.3, 0.4) is 0 Å². The van der Waals surface area contributed by atoms with E-state index in [4.69, 9.17) is 5.73 Å². The topological polar surface area (TPSA) is 113 Å². The zero-order valence-electron chi connectivity index (χ0n) is 10.6. The van der Waals surface area contributed by atoms with Gasteiger partial charge in [-0.3, -0.25) is 10.1 Å². The quantitative estimate of drug-likeness (QED) is 0.510. The van der Waals surface area contributed by atoms with Gasteiger partial charge in [-0.2, -0.15) is 0 Å². The first kappa shape index (κ1) is 13.5. The van der Waals surface area contributed by atoms with Gasteiger partial charge >= 0.3 is 5.97 Å². The Labute approximate surface area is 113 Å². The largest absolute Gasteiger partial charge is 0.464 e. The fourth-order valence-corrected chi connectivity index (χ4v) is 1.78. The van der Waals surface area contributed by atoms with Gasteiger partial charge in [0.2, 0.25) is 0 Å². The summed E-state index contributed by atoms with van der Waals surface area (Å²) in [4.78, 5) is 25.7. The van der Waals surface area contributed by atoms with Gasteiger partial charge in [0, 0.05) is 11.6 Å². The number of imidazole rings is 1. The number of hydrogen-bond acceptors (Lipinski definition) is 6. The van der Waals surface area contributed by atoms with Crippen molar-refractivity contribution in [3.63, 3.8) is 0 Å². The molecular formula is C12H12N4O4. The summed E-state index contributed by atoms with van der Waals surface area (Å²) in [5.41, 5.74) is 6.23. The summed E-state index contributed by atoms with van der Waals surface area (Å²) in [7, 11) is 1.23. The van der Waals surface area contributed by atoms with E-state index in [9.17, 15) is 14.9 Å². The third kappa shape index (κ3) is 2.44. The van der Waals surface area contributed by atoms with E-state index >= 15 is 0 Å². The Kier molecular flexibility index (Phi) is 3.65. The molecule has 0 atom stereocenters. The first-order valence-corrected chi connectivity index (χ1v) is 5.65. The van der Waals surface area contributed by atoms with Gasteiger partial charge < -0.3 is 15.0 Å². The number of hydrogen-bond donors (Lipinski definition) is 1. The number of benzene rings is 1. The average Bonchev–Trinajstić information content (AvgIpc) is 2.80. The zero-order chi connectivity index (χ0) is 14.7. The average molecular weight is 276 g/mol. The fraction of sp³-hybridized carbons (Fsp3) is 0.167. The van der Waals surface area contributed by atoms with Crippen molar-refractivity contribution in [2.45, 2.75) is 6.54 Å². The van der Waals surface area contributed by atoms with Crippen LogP contribution < -0.4 is 5.73 Å². The molecule has 0 aliphatic rings. The van der Waals surface area contributed by atoms with Gasteiger partial charge in [-0.05, 0) is 0 Å². The molecule has 2 N–H and O–H groups in total. The summed E-state index contributed by atoms with van der Waals surface area (Å²) in [5.74, 6) is -0.543. The van der Waals surface area contributed by atoms with Crippen molar-refractivity contribution in [2.75, 3.05) is 12.8 Å². The fourth-order valence-electron chi connectivity index (χ4n) is 1.78. The Morgan fingerprint density at radius 3 is 2.85 bits per heavy atom. The number of nitrogens with two attached hydrogens (primary N) is 1. The molecule has 1 heterocycles. The van der Waals surface area contributed by atoms with Crippen molar-refractivity contribution in [1.82, 2.24) is 9.55 Å². The molecule has 20 heavy (non-hydrogen) atoms. The van der Waals surface area contributed by atoms with Crippen molar-refractivity contribution in [3.8, 4) is 0 Å². The van der Waals surface area contributed by atoms with E-state index < -0.39 is 10.9 Å². The lowest BCUT2D eigenvalue weighted by Crippen LogP contribution is -2.09. The number of methoxy groups -OCH3 is 1. The first-order chi connectivity index (χ1) is 9.54. The van der Waals surface area contributed by atoms with Crippen LogP contribution in [0.2, 0.25) is 0 Å². The summed E-state index contributed by atoms with van der Waals surface area (Å²) in [5, 5.41) is 10.9. The van der Waals surface area contributed by atoms with Crippen LogP contribution in [0, 0.1) is 10.1 Å². The molecule has 0 spiro atoms. The highest BCUT2D eigenvalue weighted by atomic mass is 16.6. The molecule has 0 fully saturated rings. The predicted octanol–water partition coefficient (Wildman–Crippen LogP) is 1.21. The lowest BCUT2D eigenvalue weighted by atomic mass is 10.2. The van der Waals surface area contributed by atoms with Gasteiger partial charge in [0.25, 0.3) is 5.69 Å². The molecule has 0 amide bonds. The Morgan fingerprint density at radius 2 is 2.20 bits per heavy atom. The number of aromatic nitrogens is 2. The molecule has 8 heteroatoms. The number of nitro groups is 1. The normalized spacial score (nSPS) is 10.2. The van der Waals surface area contributed by atoms with E-state index in [1.54, 1.807) is 18.2 Å². The maximum atomic E-state index is 11.4. The summed E-state index contributed by atoms with van der Waals surface area (Å²) >= 11 is 0. The van der Waals surface area contributed by atoms with Crippen molar-refractivity contribution >= 4 is 17.5 Å². The number of nitro benzene ring substituents is 1. The van der Waals surface area contributed by atoms with Crippen molar-refractivity contribution in [1.29, 1.82) is 0 Å². The number of esters is 1. The number of nitrogens with zero attached hydrogens (tertiary/aromatic N) is 3. The van der Waals surface area contributed by atoms with Gasteiger partial charge in [0.05, 0.1) is 24.9 Å². The van der Waals surface area contributed by atoms with Crippen molar-refractivity contribution in [3.05, 3.63) is 52.0 Å². The van der Waals surface area contributed by atoms with Gasteiger partial charge in [-0.15, -0.1) is 0 Å². The molecular weight excluding hydrogens is 264 g/mol. The monoisotopic (exact) mass is 276 g/mol. The predicted molar refractivity (Wildman–Crippen MR) is 70.2 cm³/mol. The van der Waals surface area contributed by atoms with Gasteiger partial charge in [0.1, 0.15) is 5.82 Å². The van der Waals surface area contributed by atoms with Crippen LogP contribution in [0.1, 0.15) is 16.1 Å². The van der Waals surface area contributed by atoms with Crippen molar-refractivity contribution in [2.24, 2.45) is 0 Å². The van der Waals surface area contributed by atoms with Gasteiger partial charge in [0.15, 0.2) is 5.69 Å². The minimum Gasteiger partial charge on any atom is -0.464 e. The van der Waals surface area contributed by atoms with E-state index in [-0.39, 0.29) is 23.7 Å². The van der Waals surface area contributed by atoms with Crippen molar-refractivity contribution < 1.29 is 14.5 Å². The highest BCUT2D eigenvalue weighted by molar-refractivity contribution is 5.92. The number of rotatable bonds is 4. The van der Waals surface area contributed by atoms with E-state index in [1.807, 2.05) is 0 Å². The smallest absolute Gasteiger partial charge is 0.360 e. The molecule has 8 nitrogen and oxygen atoms in total. The van der Waals surface area contributed by atoms with Crippen LogP contribution in [-0.2, 0) is 11.3 Å². The molecule has 104 valence electrons. The first-order valence-electron chi connectivity index (χ1n) is 5.65. The molecule has 0 aliphatic heterocycles. The van der Waals surface area contributed by atoms with E-state index in [0.29, 0.717) is 5.56 Å².